The Bertz CT molecular complexity index is 1240. The van der Waals surface area contributed by atoms with Crippen molar-refractivity contribution in [2.75, 3.05) is 13.2 Å². The van der Waals surface area contributed by atoms with E-state index in [1.54, 1.807) is 0 Å². The van der Waals surface area contributed by atoms with Gasteiger partial charge in [0.2, 0.25) is 0 Å². The molecule has 0 aromatic carbocycles. The van der Waals surface area contributed by atoms with Gasteiger partial charge in [0.05, 0.1) is 0 Å². The van der Waals surface area contributed by atoms with Crippen LogP contribution in [0.1, 0.15) is 271 Å². The van der Waals surface area contributed by atoms with Crippen molar-refractivity contribution in [2.45, 2.75) is 277 Å². The van der Waals surface area contributed by atoms with Crippen LogP contribution in [-0.2, 0) is 28.6 Å². The van der Waals surface area contributed by atoms with Crippen LogP contribution in [0.4, 0.5) is 0 Å². The lowest BCUT2D eigenvalue weighted by molar-refractivity contribution is -0.167. The number of allylic oxidation sites excluding steroid dienone is 12. The van der Waals surface area contributed by atoms with Gasteiger partial charge in [-0.05, 0) is 109 Å². The minimum atomic E-state index is -0.790. The summed E-state index contributed by atoms with van der Waals surface area (Å²) in [5, 5.41) is 0. The van der Waals surface area contributed by atoms with Gasteiger partial charge in [-0.2, -0.15) is 0 Å². The van der Waals surface area contributed by atoms with Crippen LogP contribution in [-0.4, -0.2) is 37.2 Å². The van der Waals surface area contributed by atoms with Gasteiger partial charge >= 0.3 is 17.9 Å². The maximum atomic E-state index is 12.8. The molecule has 0 saturated heterocycles. The van der Waals surface area contributed by atoms with Crippen molar-refractivity contribution in [2.24, 2.45) is 0 Å². The van der Waals surface area contributed by atoms with E-state index < -0.39 is 6.10 Å². The number of esters is 3. The Morgan fingerprint density at radius 3 is 0.879 bits per heavy atom. The van der Waals surface area contributed by atoms with Crippen LogP contribution in [0.25, 0.3) is 0 Å². The van der Waals surface area contributed by atoms with E-state index in [4.69, 9.17) is 14.2 Å². The molecule has 0 bridgehead atoms. The number of hydrogen-bond acceptors (Lipinski definition) is 6. The highest BCUT2D eigenvalue weighted by Crippen LogP contribution is 2.14. The van der Waals surface area contributed by atoms with Crippen LogP contribution in [0.2, 0.25) is 0 Å². The molecule has 0 aliphatic rings. The summed E-state index contributed by atoms with van der Waals surface area (Å²) in [6.07, 6.45) is 68.8. The molecular weight excluding hydrogens is 817 g/mol. The molecule has 0 N–H and O–H groups in total. The van der Waals surface area contributed by atoms with Crippen molar-refractivity contribution in [1.29, 1.82) is 0 Å². The van der Waals surface area contributed by atoms with Gasteiger partial charge in [0.15, 0.2) is 6.10 Å². The van der Waals surface area contributed by atoms with E-state index in [-0.39, 0.29) is 31.1 Å². The van der Waals surface area contributed by atoms with E-state index in [2.05, 4.69) is 93.7 Å². The maximum Gasteiger partial charge on any atom is 0.306 e. The first-order valence-corrected chi connectivity index (χ1v) is 27.9. The summed E-state index contributed by atoms with van der Waals surface area (Å²) in [5.74, 6) is -0.914. The minimum Gasteiger partial charge on any atom is -0.462 e. The van der Waals surface area contributed by atoms with Gasteiger partial charge in [-0.25, -0.2) is 0 Å². The summed E-state index contributed by atoms with van der Waals surface area (Å²) in [4.78, 5) is 38.1. The SMILES string of the molecule is CCCC/C=C/C/C=C/CCCCCCCC(=O)OC[C@H](COC(=O)CCCCCCCCCCC/C=C/C/C=C/CCCCC)OC(=O)CCCCCCC/C=C/C/C=C/CCCCC. The van der Waals surface area contributed by atoms with E-state index >= 15 is 0 Å². The van der Waals surface area contributed by atoms with Crippen LogP contribution < -0.4 is 0 Å². The summed E-state index contributed by atoms with van der Waals surface area (Å²) in [5.41, 5.74) is 0. The monoisotopic (exact) mass is 921 g/mol. The first-order valence-electron chi connectivity index (χ1n) is 27.9. The minimum absolute atomic E-state index is 0.0877. The highest BCUT2D eigenvalue weighted by molar-refractivity contribution is 5.71. The van der Waals surface area contributed by atoms with Crippen LogP contribution in [0.15, 0.2) is 72.9 Å². The third-order valence-corrected chi connectivity index (χ3v) is 11.9. The predicted molar refractivity (Wildman–Crippen MR) is 284 cm³/mol. The largest absolute Gasteiger partial charge is 0.462 e. The molecule has 380 valence electrons. The molecule has 0 fully saturated rings. The van der Waals surface area contributed by atoms with E-state index in [9.17, 15) is 14.4 Å². The van der Waals surface area contributed by atoms with Crippen molar-refractivity contribution in [3.05, 3.63) is 72.9 Å². The normalized spacial score (nSPS) is 12.6. The lowest BCUT2D eigenvalue weighted by Crippen LogP contribution is -2.30. The van der Waals surface area contributed by atoms with Gasteiger partial charge in [-0.1, -0.05) is 216 Å². The number of unbranched alkanes of at least 4 members (excludes halogenated alkanes) is 27. The smallest absolute Gasteiger partial charge is 0.306 e. The lowest BCUT2D eigenvalue weighted by Gasteiger charge is -2.18. The molecule has 6 heteroatoms. The molecule has 0 aliphatic heterocycles. The fourth-order valence-electron chi connectivity index (χ4n) is 7.64. The molecule has 0 aliphatic carbocycles. The Morgan fingerprint density at radius 1 is 0.303 bits per heavy atom. The molecule has 6 nitrogen and oxygen atoms in total. The average molecular weight is 921 g/mol. The molecule has 0 aromatic rings. The average Bonchev–Trinajstić information content (AvgIpc) is 3.31. The van der Waals surface area contributed by atoms with Crippen molar-refractivity contribution in [3.8, 4) is 0 Å². The standard InChI is InChI=1S/C60H104O6/c1-4-7-10-13-16-19-22-25-28-29-30-31-33-35-38-41-44-47-50-53-59(62)65-56-57(55-64-58(61)52-49-46-43-40-37-34-27-24-21-18-15-12-9-6-3)66-60(63)54-51-48-45-42-39-36-32-26-23-20-17-14-11-8-5-2/h15-20,24-28,32,57H,4-14,21-23,29-31,33-56H2,1-3H3/b18-15+,19-16+,20-17+,27-24+,28-25+,32-26+/t57-/m1/s1. The molecule has 0 rings (SSSR count). The number of carbonyl (C=O) groups excluding carboxylic acids is 3. The van der Waals surface area contributed by atoms with Crippen molar-refractivity contribution in [3.63, 3.8) is 0 Å². The Labute approximate surface area is 408 Å². The van der Waals surface area contributed by atoms with Crippen molar-refractivity contribution >= 4 is 17.9 Å². The molecular formula is C60H104O6. The number of rotatable bonds is 50. The Hall–Kier alpha value is -3.15. The highest BCUT2D eigenvalue weighted by atomic mass is 16.6. The van der Waals surface area contributed by atoms with Gasteiger partial charge in [-0.3, -0.25) is 14.4 Å². The van der Waals surface area contributed by atoms with Gasteiger partial charge in [0, 0.05) is 19.3 Å². The van der Waals surface area contributed by atoms with E-state index in [0.717, 1.165) is 116 Å². The van der Waals surface area contributed by atoms with Crippen molar-refractivity contribution in [1.82, 2.24) is 0 Å². The fourth-order valence-corrected chi connectivity index (χ4v) is 7.64. The first kappa shape index (κ1) is 62.8. The van der Waals surface area contributed by atoms with Crippen LogP contribution in [0.5, 0.6) is 0 Å². The molecule has 0 amide bonds. The van der Waals surface area contributed by atoms with Gasteiger partial charge < -0.3 is 14.2 Å². The molecule has 0 spiro atoms. The molecule has 1 atom stereocenters. The van der Waals surface area contributed by atoms with E-state index in [1.165, 1.54) is 116 Å². The highest BCUT2D eigenvalue weighted by Gasteiger charge is 2.19. The van der Waals surface area contributed by atoms with Gasteiger partial charge in [0.25, 0.3) is 0 Å². The molecule has 0 aromatic heterocycles. The summed E-state index contributed by atoms with van der Waals surface area (Å²) in [6, 6.07) is 0. The zero-order valence-electron chi connectivity index (χ0n) is 43.4. The van der Waals surface area contributed by atoms with Gasteiger partial charge in [0.1, 0.15) is 13.2 Å². The van der Waals surface area contributed by atoms with Crippen molar-refractivity contribution < 1.29 is 28.6 Å². The van der Waals surface area contributed by atoms with E-state index in [0.29, 0.717) is 19.3 Å². The van der Waals surface area contributed by atoms with Crippen LogP contribution >= 0.6 is 0 Å². The lowest BCUT2D eigenvalue weighted by atomic mass is 10.1. The molecule has 66 heavy (non-hydrogen) atoms. The second-order valence-electron chi connectivity index (χ2n) is 18.5. The quantitative estimate of drug-likeness (QED) is 0.0262. The van der Waals surface area contributed by atoms with Crippen LogP contribution in [0, 0.1) is 0 Å². The summed E-state index contributed by atoms with van der Waals surface area (Å²) >= 11 is 0. The molecule has 0 radical (unpaired) electrons. The summed E-state index contributed by atoms with van der Waals surface area (Å²) in [7, 11) is 0. The summed E-state index contributed by atoms with van der Waals surface area (Å²) in [6.45, 7) is 6.53. The third kappa shape index (κ3) is 51.8. The fraction of sp³-hybridized carbons (Fsp3) is 0.750. The molecule has 0 heterocycles. The number of carbonyl (C=O) groups is 3. The maximum absolute atomic E-state index is 12.8. The molecule has 0 unspecified atom stereocenters. The topological polar surface area (TPSA) is 78.9 Å². The van der Waals surface area contributed by atoms with E-state index in [1.807, 2.05) is 0 Å². The Morgan fingerprint density at radius 2 is 0.561 bits per heavy atom. The second kappa shape index (κ2) is 54.5. The van der Waals surface area contributed by atoms with Gasteiger partial charge in [-0.15, -0.1) is 0 Å². The second-order valence-corrected chi connectivity index (χ2v) is 18.5. The Kier molecular flexibility index (Phi) is 51.9. The Balaban J connectivity index is 4.40. The number of ether oxygens (including phenoxy) is 3. The first-order chi connectivity index (χ1) is 32.5. The zero-order valence-corrected chi connectivity index (χ0v) is 43.4. The van der Waals surface area contributed by atoms with Crippen LogP contribution in [0.3, 0.4) is 0 Å². The number of hydrogen-bond donors (Lipinski definition) is 0. The predicted octanol–water partition coefficient (Wildman–Crippen LogP) is 18.6. The zero-order chi connectivity index (χ0) is 47.9. The third-order valence-electron chi connectivity index (χ3n) is 11.9. The molecule has 0 saturated carbocycles. The summed E-state index contributed by atoms with van der Waals surface area (Å²) < 4.78 is 16.8.